The van der Waals surface area contributed by atoms with Crippen LogP contribution in [-0.4, -0.2) is 36.4 Å². The van der Waals surface area contributed by atoms with E-state index in [1.807, 2.05) is 0 Å². The van der Waals surface area contributed by atoms with E-state index in [0.717, 1.165) is 0 Å². The lowest BCUT2D eigenvalue weighted by atomic mass is 9.81. The molecule has 0 radical (unpaired) electrons. The fourth-order valence-corrected chi connectivity index (χ4v) is 2.16. The highest BCUT2D eigenvalue weighted by atomic mass is 16.6. The molecule has 8 heteroatoms. The van der Waals surface area contributed by atoms with Gasteiger partial charge in [-0.2, -0.15) is 0 Å². The molecule has 0 saturated carbocycles. The molecule has 0 aliphatic rings. The molecular weight excluding hydrogens is 316 g/mol. The van der Waals surface area contributed by atoms with Crippen molar-refractivity contribution in [3.63, 3.8) is 0 Å². The van der Waals surface area contributed by atoms with Gasteiger partial charge in [-0.3, -0.25) is 29.8 Å². The fourth-order valence-electron chi connectivity index (χ4n) is 2.16. The summed E-state index contributed by atoms with van der Waals surface area (Å²) in [7, 11) is 1.20. The number of rotatable bonds is 7. The van der Waals surface area contributed by atoms with E-state index in [1.54, 1.807) is 30.3 Å². The molecule has 2 amide bonds. The molecule has 2 atom stereocenters. The van der Waals surface area contributed by atoms with E-state index in [2.05, 4.69) is 10.1 Å². The van der Waals surface area contributed by atoms with Crippen molar-refractivity contribution in [2.45, 2.75) is 25.7 Å². The summed E-state index contributed by atoms with van der Waals surface area (Å²) in [6.07, 6.45) is -0.188. The number of imide groups is 1. The Hall–Kier alpha value is -2.77. The van der Waals surface area contributed by atoms with Crippen LogP contribution in [0.25, 0.3) is 0 Å². The Morgan fingerprint density at radius 3 is 2.38 bits per heavy atom. The standard InChI is InChI=1S/C16H20N2O6/c1-11(9-13(19)24-3)14(20)17-15(21)16(2,10-18(22)23)12-7-5-4-6-8-12/h4-8,11H,9-10H2,1-3H3,(H,17,20,21). The zero-order valence-corrected chi connectivity index (χ0v) is 13.8. The van der Waals surface area contributed by atoms with Gasteiger partial charge >= 0.3 is 5.97 Å². The third kappa shape index (κ3) is 4.87. The largest absolute Gasteiger partial charge is 0.469 e. The second-order valence-electron chi connectivity index (χ2n) is 5.69. The minimum atomic E-state index is -1.51. The summed E-state index contributed by atoms with van der Waals surface area (Å²) in [5.41, 5.74) is -1.08. The van der Waals surface area contributed by atoms with Crippen molar-refractivity contribution in [1.82, 2.24) is 5.32 Å². The van der Waals surface area contributed by atoms with Crippen LogP contribution in [0, 0.1) is 16.0 Å². The second-order valence-corrected chi connectivity index (χ2v) is 5.69. The molecule has 2 unspecified atom stereocenters. The van der Waals surface area contributed by atoms with Crippen LogP contribution in [-0.2, 0) is 24.5 Å². The first-order chi connectivity index (χ1) is 11.2. The minimum Gasteiger partial charge on any atom is -0.469 e. The maximum absolute atomic E-state index is 12.5. The van der Waals surface area contributed by atoms with Crippen LogP contribution in [0.3, 0.4) is 0 Å². The summed E-state index contributed by atoms with van der Waals surface area (Å²) in [5.74, 6) is -2.85. The van der Waals surface area contributed by atoms with Crippen LogP contribution < -0.4 is 5.32 Å². The van der Waals surface area contributed by atoms with Crippen LogP contribution in [0.1, 0.15) is 25.8 Å². The van der Waals surface area contributed by atoms with Crippen molar-refractivity contribution in [2.24, 2.45) is 5.92 Å². The van der Waals surface area contributed by atoms with Crippen molar-refractivity contribution in [3.05, 3.63) is 46.0 Å². The van der Waals surface area contributed by atoms with Gasteiger partial charge in [-0.25, -0.2) is 0 Å². The number of carbonyl (C=O) groups excluding carboxylic acids is 3. The van der Waals surface area contributed by atoms with Gasteiger partial charge in [0.1, 0.15) is 5.41 Å². The second kappa shape index (κ2) is 8.19. The molecule has 0 saturated heterocycles. The van der Waals surface area contributed by atoms with Gasteiger partial charge in [0.05, 0.1) is 13.5 Å². The zero-order valence-electron chi connectivity index (χ0n) is 13.8. The summed E-state index contributed by atoms with van der Waals surface area (Å²) in [4.78, 5) is 46.2. The van der Waals surface area contributed by atoms with Gasteiger partial charge in [-0.15, -0.1) is 0 Å². The number of esters is 1. The van der Waals surface area contributed by atoms with Crippen LogP contribution in [0.4, 0.5) is 0 Å². The van der Waals surface area contributed by atoms with Gasteiger partial charge < -0.3 is 4.74 Å². The van der Waals surface area contributed by atoms with Crippen LogP contribution in [0.15, 0.2) is 30.3 Å². The number of ether oxygens (including phenoxy) is 1. The summed E-state index contributed by atoms with van der Waals surface area (Å²) in [6.45, 7) is 2.20. The Morgan fingerprint density at radius 1 is 1.29 bits per heavy atom. The normalized spacial score (nSPS) is 14.1. The van der Waals surface area contributed by atoms with Crippen molar-refractivity contribution in [3.8, 4) is 0 Å². The number of hydrogen-bond acceptors (Lipinski definition) is 6. The maximum atomic E-state index is 12.5. The average molecular weight is 336 g/mol. The predicted octanol–water partition coefficient (Wildman–Crippen LogP) is 1.06. The fraction of sp³-hybridized carbons (Fsp3) is 0.438. The average Bonchev–Trinajstić information content (AvgIpc) is 2.54. The van der Waals surface area contributed by atoms with Gasteiger partial charge in [0.2, 0.25) is 18.4 Å². The highest BCUT2D eigenvalue weighted by Crippen LogP contribution is 2.24. The molecule has 0 bridgehead atoms. The lowest BCUT2D eigenvalue weighted by Crippen LogP contribution is -2.50. The molecule has 24 heavy (non-hydrogen) atoms. The SMILES string of the molecule is COC(=O)CC(C)C(=O)NC(=O)C(C)(C[N+](=O)[O-])c1ccccc1. The van der Waals surface area contributed by atoms with E-state index in [1.165, 1.54) is 21.0 Å². The molecule has 8 nitrogen and oxygen atoms in total. The van der Waals surface area contributed by atoms with Crippen LogP contribution in [0.2, 0.25) is 0 Å². The molecule has 0 aliphatic heterocycles. The summed E-state index contributed by atoms with van der Waals surface area (Å²) >= 11 is 0. The third-order valence-corrected chi connectivity index (χ3v) is 3.74. The number of amides is 2. The topological polar surface area (TPSA) is 116 Å². The molecule has 130 valence electrons. The first kappa shape index (κ1) is 19.3. The smallest absolute Gasteiger partial charge is 0.306 e. The van der Waals surface area contributed by atoms with Crippen LogP contribution in [0.5, 0.6) is 0 Å². The van der Waals surface area contributed by atoms with Crippen molar-refractivity contribution >= 4 is 17.8 Å². The van der Waals surface area contributed by atoms with Gasteiger partial charge in [0.25, 0.3) is 0 Å². The molecule has 0 fully saturated rings. The van der Waals surface area contributed by atoms with Crippen molar-refractivity contribution < 1.29 is 24.0 Å². The molecule has 1 rings (SSSR count). The molecule has 1 N–H and O–H groups in total. The zero-order chi connectivity index (χ0) is 18.3. The number of benzene rings is 1. The van der Waals surface area contributed by atoms with E-state index in [0.29, 0.717) is 5.56 Å². The number of nitrogens with one attached hydrogen (secondary N) is 1. The van der Waals surface area contributed by atoms with Crippen LogP contribution >= 0.6 is 0 Å². The molecule has 0 heterocycles. The summed E-state index contributed by atoms with van der Waals surface area (Å²) in [6, 6.07) is 8.21. The monoisotopic (exact) mass is 336 g/mol. The maximum Gasteiger partial charge on any atom is 0.306 e. The Kier molecular flexibility index (Phi) is 6.58. The Bertz CT molecular complexity index is 631. The van der Waals surface area contributed by atoms with Crippen molar-refractivity contribution in [2.75, 3.05) is 13.7 Å². The summed E-state index contributed by atoms with van der Waals surface area (Å²) in [5, 5.41) is 13.1. The minimum absolute atomic E-state index is 0.188. The Morgan fingerprint density at radius 2 is 1.88 bits per heavy atom. The highest BCUT2D eigenvalue weighted by molar-refractivity contribution is 6.02. The van der Waals surface area contributed by atoms with E-state index in [-0.39, 0.29) is 6.42 Å². The molecular formula is C16H20N2O6. The predicted molar refractivity (Wildman–Crippen MR) is 84.6 cm³/mol. The number of carbonyl (C=O) groups is 3. The van der Waals surface area contributed by atoms with Gasteiger partial charge in [0.15, 0.2) is 0 Å². The Balaban J connectivity index is 2.96. The Labute approximate surface area is 139 Å². The third-order valence-electron chi connectivity index (χ3n) is 3.74. The lowest BCUT2D eigenvalue weighted by Gasteiger charge is -2.25. The quantitative estimate of drug-likeness (QED) is 0.452. The summed E-state index contributed by atoms with van der Waals surface area (Å²) < 4.78 is 4.47. The first-order valence-corrected chi connectivity index (χ1v) is 7.30. The number of nitro groups is 1. The van der Waals surface area contributed by atoms with Gasteiger partial charge in [-0.1, -0.05) is 37.3 Å². The number of hydrogen-bond donors (Lipinski definition) is 1. The van der Waals surface area contributed by atoms with E-state index in [9.17, 15) is 24.5 Å². The van der Waals surface area contributed by atoms with Gasteiger partial charge in [-0.05, 0) is 12.5 Å². The lowest BCUT2D eigenvalue weighted by molar-refractivity contribution is -0.487. The van der Waals surface area contributed by atoms with E-state index in [4.69, 9.17) is 0 Å². The van der Waals surface area contributed by atoms with Crippen molar-refractivity contribution in [1.29, 1.82) is 0 Å². The molecule has 1 aromatic rings. The number of nitrogens with zero attached hydrogens (tertiary/aromatic N) is 1. The van der Waals surface area contributed by atoms with E-state index < -0.39 is 40.6 Å². The molecule has 0 aliphatic carbocycles. The molecule has 1 aromatic carbocycles. The van der Waals surface area contributed by atoms with E-state index >= 15 is 0 Å². The number of methoxy groups -OCH3 is 1. The first-order valence-electron chi connectivity index (χ1n) is 7.30. The highest BCUT2D eigenvalue weighted by Gasteiger charge is 2.41. The molecule has 0 aromatic heterocycles. The molecule has 0 spiro atoms. The van der Waals surface area contributed by atoms with Gasteiger partial charge in [0, 0.05) is 10.8 Å².